The van der Waals surface area contributed by atoms with Crippen molar-refractivity contribution >= 4 is 22.5 Å². The van der Waals surface area contributed by atoms with E-state index in [2.05, 4.69) is 15.4 Å². The van der Waals surface area contributed by atoms with Crippen LogP contribution in [0, 0.1) is 0 Å². The van der Waals surface area contributed by atoms with Gasteiger partial charge in [-0.1, -0.05) is 18.2 Å². The van der Waals surface area contributed by atoms with Crippen LogP contribution >= 0.6 is 0 Å². The molecule has 1 aliphatic carbocycles. The first-order valence-corrected chi connectivity index (χ1v) is 7.92. The van der Waals surface area contributed by atoms with Gasteiger partial charge in [-0.3, -0.25) is 14.6 Å². The molecule has 1 aromatic carbocycles. The number of anilines is 1. The zero-order valence-electron chi connectivity index (χ0n) is 13.0. The molecule has 1 aliphatic rings. The Hall–Kier alpha value is -3.02. The Bertz CT molecular complexity index is 976. The fraction of sp³-hybridized carbons (Fsp3) is 0.222. The molecule has 3 aromatic rings. The minimum atomic E-state index is -0.297. The van der Waals surface area contributed by atoms with E-state index in [-0.39, 0.29) is 18.0 Å². The van der Waals surface area contributed by atoms with Crippen molar-refractivity contribution in [2.45, 2.75) is 25.3 Å². The van der Waals surface area contributed by atoms with Crippen molar-refractivity contribution in [1.82, 2.24) is 14.8 Å². The molecule has 6 nitrogen and oxygen atoms in total. The van der Waals surface area contributed by atoms with E-state index >= 15 is 0 Å². The van der Waals surface area contributed by atoms with Gasteiger partial charge in [0.15, 0.2) is 0 Å². The highest BCUT2D eigenvalue weighted by atomic mass is 16.2. The summed E-state index contributed by atoms with van der Waals surface area (Å²) in [6.07, 6.45) is 3.80. The van der Waals surface area contributed by atoms with Crippen LogP contribution < -0.4 is 10.9 Å². The van der Waals surface area contributed by atoms with E-state index in [0.29, 0.717) is 11.6 Å². The molecule has 0 bridgehead atoms. The van der Waals surface area contributed by atoms with Crippen LogP contribution in [-0.2, 0) is 11.3 Å². The van der Waals surface area contributed by atoms with Crippen molar-refractivity contribution in [3.8, 4) is 0 Å². The molecule has 120 valence electrons. The number of para-hydroxylation sites is 1. The van der Waals surface area contributed by atoms with Crippen LogP contribution in [-0.4, -0.2) is 20.7 Å². The van der Waals surface area contributed by atoms with Gasteiger partial charge in [0.05, 0.1) is 23.1 Å². The van der Waals surface area contributed by atoms with Crippen molar-refractivity contribution in [2.24, 2.45) is 0 Å². The van der Waals surface area contributed by atoms with Gasteiger partial charge in [-0.15, -0.1) is 0 Å². The number of amides is 1. The van der Waals surface area contributed by atoms with E-state index in [4.69, 9.17) is 0 Å². The molecule has 1 fully saturated rings. The van der Waals surface area contributed by atoms with Gasteiger partial charge < -0.3 is 5.32 Å². The molecule has 6 heteroatoms. The van der Waals surface area contributed by atoms with Crippen molar-refractivity contribution < 1.29 is 4.79 Å². The van der Waals surface area contributed by atoms with Gasteiger partial charge in [0.2, 0.25) is 5.91 Å². The molecule has 0 saturated heterocycles. The lowest BCUT2D eigenvalue weighted by atomic mass is 10.2. The summed E-state index contributed by atoms with van der Waals surface area (Å²) in [6, 6.07) is 12.8. The van der Waals surface area contributed by atoms with Gasteiger partial charge in [0.25, 0.3) is 5.56 Å². The number of fused-ring (bicyclic) bond motifs is 1. The third kappa shape index (κ3) is 3.03. The lowest BCUT2D eigenvalue weighted by molar-refractivity contribution is -0.117. The maximum Gasteiger partial charge on any atom is 0.267 e. The van der Waals surface area contributed by atoms with Crippen LogP contribution in [0.5, 0.6) is 0 Å². The molecule has 1 amide bonds. The third-order valence-corrected chi connectivity index (χ3v) is 4.05. The number of hydrogen-bond donors (Lipinski definition) is 1. The van der Waals surface area contributed by atoms with E-state index in [0.717, 1.165) is 29.4 Å². The van der Waals surface area contributed by atoms with Gasteiger partial charge in [0, 0.05) is 17.4 Å². The largest absolute Gasteiger partial charge is 0.323 e. The molecule has 0 spiro atoms. The van der Waals surface area contributed by atoms with E-state index in [9.17, 15) is 9.59 Å². The number of aromatic nitrogens is 3. The minimum Gasteiger partial charge on any atom is -0.323 e. The van der Waals surface area contributed by atoms with Crippen LogP contribution in [0.4, 0.5) is 5.69 Å². The second-order valence-electron chi connectivity index (χ2n) is 5.99. The molecule has 0 unspecified atom stereocenters. The number of nitrogens with one attached hydrogen (secondary N) is 1. The van der Waals surface area contributed by atoms with Crippen molar-refractivity contribution in [2.75, 3.05) is 5.32 Å². The highest BCUT2D eigenvalue weighted by Crippen LogP contribution is 2.38. The molecule has 1 N–H and O–H groups in total. The normalized spacial score (nSPS) is 13.8. The lowest BCUT2D eigenvalue weighted by Gasteiger charge is -2.08. The molecular formula is C18H16N4O2. The Morgan fingerprint density at radius 1 is 1.21 bits per heavy atom. The predicted octanol–water partition coefficient (Wildman–Crippen LogP) is 2.31. The monoisotopic (exact) mass is 320 g/mol. The van der Waals surface area contributed by atoms with E-state index in [1.165, 1.54) is 10.7 Å². The number of nitrogens with zero attached hydrogens (tertiary/aromatic N) is 3. The van der Waals surface area contributed by atoms with Gasteiger partial charge in [-0.25, -0.2) is 4.68 Å². The summed E-state index contributed by atoms with van der Waals surface area (Å²) in [5.41, 5.74) is 2.08. The maximum absolute atomic E-state index is 12.2. The van der Waals surface area contributed by atoms with E-state index in [1.807, 2.05) is 30.3 Å². The van der Waals surface area contributed by atoms with E-state index in [1.54, 1.807) is 12.3 Å². The minimum absolute atomic E-state index is 0.105. The first kappa shape index (κ1) is 14.6. The van der Waals surface area contributed by atoms with Gasteiger partial charge in [0.1, 0.15) is 6.54 Å². The first-order chi connectivity index (χ1) is 11.7. The topological polar surface area (TPSA) is 76.9 Å². The first-order valence-electron chi connectivity index (χ1n) is 7.92. The summed E-state index contributed by atoms with van der Waals surface area (Å²) in [4.78, 5) is 28.4. The van der Waals surface area contributed by atoms with Gasteiger partial charge >= 0.3 is 0 Å². The number of carbonyl (C=O) groups is 1. The quantitative estimate of drug-likeness (QED) is 0.800. The van der Waals surface area contributed by atoms with Gasteiger partial charge in [-0.2, -0.15) is 5.10 Å². The molecule has 0 atom stereocenters. The van der Waals surface area contributed by atoms with E-state index < -0.39 is 0 Å². The molecule has 0 aliphatic heterocycles. The summed E-state index contributed by atoms with van der Waals surface area (Å²) in [5, 5.41) is 8.01. The highest BCUT2D eigenvalue weighted by Gasteiger charge is 2.25. The Balaban J connectivity index is 1.51. The number of carbonyl (C=O) groups excluding carboxylic acids is 1. The summed E-state index contributed by atoms with van der Waals surface area (Å²) in [7, 11) is 0. The fourth-order valence-electron chi connectivity index (χ4n) is 2.65. The lowest BCUT2D eigenvalue weighted by Crippen LogP contribution is -2.29. The van der Waals surface area contributed by atoms with Crippen LogP contribution in [0.2, 0.25) is 0 Å². The van der Waals surface area contributed by atoms with Crippen molar-refractivity contribution in [1.29, 1.82) is 0 Å². The zero-order valence-corrected chi connectivity index (χ0v) is 13.0. The number of rotatable bonds is 4. The molecule has 0 radical (unpaired) electrons. The Kier molecular flexibility index (Phi) is 3.57. The van der Waals surface area contributed by atoms with Gasteiger partial charge in [-0.05, 0) is 31.0 Å². The number of pyridine rings is 1. The van der Waals surface area contributed by atoms with Crippen LogP contribution in [0.15, 0.2) is 53.5 Å². The SMILES string of the molecule is O=C(Cn1nc(C2CC2)ccc1=O)Nc1cnc2ccccc2c1. The second kappa shape index (κ2) is 5.88. The smallest absolute Gasteiger partial charge is 0.267 e. The maximum atomic E-state index is 12.2. The molecule has 24 heavy (non-hydrogen) atoms. The summed E-state index contributed by atoms with van der Waals surface area (Å²) in [5.74, 6) is 0.138. The van der Waals surface area contributed by atoms with Crippen molar-refractivity contribution in [3.63, 3.8) is 0 Å². The average Bonchev–Trinajstić information content (AvgIpc) is 3.42. The number of hydrogen-bond acceptors (Lipinski definition) is 4. The number of benzene rings is 1. The summed E-state index contributed by atoms with van der Waals surface area (Å²) in [6.45, 7) is -0.105. The third-order valence-electron chi connectivity index (χ3n) is 4.05. The fourth-order valence-corrected chi connectivity index (χ4v) is 2.65. The molecule has 2 heterocycles. The predicted molar refractivity (Wildman–Crippen MR) is 90.8 cm³/mol. The molecular weight excluding hydrogens is 304 g/mol. The summed E-state index contributed by atoms with van der Waals surface area (Å²) < 4.78 is 1.22. The standard InChI is InChI=1S/C18H16N4O2/c23-17(11-22-18(24)8-7-16(21-22)12-5-6-12)20-14-9-13-3-1-2-4-15(13)19-10-14/h1-4,7-10,12H,5-6,11H2,(H,20,23). The molecule has 2 aromatic heterocycles. The zero-order chi connectivity index (χ0) is 16.5. The van der Waals surface area contributed by atoms with Crippen LogP contribution in [0.25, 0.3) is 10.9 Å². The Morgan fingerprint density at radius 3 is 2.88 bits per heavy atom. The van der Waals surface area contributed by atoms with Crippen LogP contribution in [0.1, 0.15) is 24.5 Å². The van der Waals surface area contributed by atoms with Crippen LogP contribution in [0.3, 0.4) is 0 Å². The summed E-state index contributed by atoms with van der Waals surface area (Å²) >= 11 is 0. The Labute approximate surface area is 138 Å². The highest BCUT2D eigenvalue weighted by molar-refractivity contribution is 5.92. The van der Waals surface area contributed by atoms with Crippen molar-refractivity contribution in [3.05, 3.63) is 64.7 Å². The molecule has 1 saturated carbocycles. The second-order valence-corrected chi connectivity index (χ2v) is 5.99. The Morgan fingerprint density at radius 2 is 2.04 bits per heavy atom. The molecule has 4 rings (SSSR count). The average molecular weight is 320 g/mol.